The first-order valence-corrected chi connectivity index (χ1v) is 10.4. The van der Waals surface area contributed by atoms with E-state index in [1.54, 1.807) is 11.9 Å². The van der Waals surface area contributed by atoms with Gasteiger partial charge in [-0.15, -0.1) is 0 Å². The third-order valence-corrected chi connectivity index (χ3v) is 7.26. The smallest absolute Gasteiger partial charge is 0.335 e. The van der Waals surface area contributed by atoms with Crippen molar-refractivity contribution in [3.63, 3.8) is 0 Å². The number of carboxylic acid groups (broad SMARTS) is 1. The van der Waals surface area contributed by atoms with Gasteiger partial charge in [0.15, 0.2) is 0 Å². The summed E-state index contributed by atoms with van der Waals surface area (Å²) in [6.07, 6.45) is 1.79. The van der Waals surface area contributed by atoms with Gasteiger partial charge in [-0.1, -0.05) is 0 Å². The lowest BCUT2D eigenvalue weighted by atomic mass is 9.96. The lowest BCUT2D eigenvalue weighted by Gasteiger charge is -2.34. The number of carbonyl (C=O) groups is 2. The Bertz CT molecular complexity index is 794. The van der Waals surface area contributed by atoms with Crippen molar-refractivity contribution in [3.8, 4) is 0 Å². The molecule has 27 heavy (non-hydrogen) atoms. The van der Waals surface area contributed by atoms with Crippen LogP contribution in [0.3, 0.4) is 0 Å². The fourth-order valence-electron chi connectivity index (χ4n) is 3.56. The molecule has 2 saturated heterocycles. The summed E-state index contributed by atoms with van der Waals surface area (Å²) in [7, 11) is -1.91. The van der Waals surface area contributed by atoms with Crippen molar-refractivity contribution < 1.29 is 27.9 Å². The molecule has 1 aromatic rings. The van der Waals surface area contributed by atoms with Gasteiger partial charge in [-0.2, -0.15) is 4.31 Å². The second-order valence-corrected chi connectivity index (χ2v) is 8.91. The zero-order valence-corrected chi connectivity index (χ0v) is 16.0. The molecule has 0 bridgehead atoms. The average molecular weight is 396 g/mol. The number of ether oxygens (including phenoxy) is 1. The number of nitrogens with zero attached hydrogens (tertiary/aromatic N) is 2. The second kappa shape index (κ2) is 7.95. The van der Waals surface area contributed by atoms with E-state index in [1.807, 2.05) is 0 Å². The van der Waals surface area contributed by atoms with Crippen LogP contribution < -0.4 is 0 Å². The Morgan fingerprint density at radius 2 is 1.78 bits per heavy atom. The fraction of sp³-hybridized carbons (Fsp3) is 0.556. The van der Waals surface area contributed by atoms with Gasteiger partial charge in [-0.05, 0) is 43.5 Å². The SMILES string of the molecule is CN(C(=O)C1CCN(S(=O)(=O)c2ccc(C(=O)O)cc2)CC1)C1CCOC1. The Labute approximate surface area is 158 Å². The van der Waals surface area contributed by atoms with E-state index < -0.39 is 16.0 Å². The molecular formula is C18H24N2O6S. The number of carbonyl (C=O) groups excluding carboxylic acids is 1. The maximum atomic E-state index is 12.8. The quantitative estimate of drug-likeness (QED) is 0.797. The summed E-state index contributed by atoms with van der Waals surface area (Å²) >= 11 is 0. The molecule has 2 aliphatic heterocycles. The molecule has 0 aliphatic carbocycles. The van der Waals surface area contributed by atoms with Crippen LogP contribution in [0.15, 0.2) is 29.2 Å². The van der Waals surface area contributed by atoms with E-state index in [4.69, 9.17) is 9.84 Å². The van der Waals surface area contributed by atoms with Gasteiger partial charge < -0.3 is 14.7 Å². The predicted molar refractivity (Wildman–Crippen MR) is 96.9 cm³/mol. The lowest BCUT2D eigenvalue weighted by molar-refractivity contribution is -0.137. The summed E-state index contributed by atoms with van der Waals surface area (Å²) in [4.78, 5) is 25.4. The van der Waals surface area contributed by atoms with Crippen LogP contribution >= 0.6 is 0 Å². The highest BCUT2D eigenvalue weighted by molar-refractivity contribution is 7.89. The molecule has 0 spiro atoms. The van der Waals surface area contributed by atoms with Crippen LogP contribution in [0, 0.1) is 5.92 Å². The van der Waals surface area contributed by atoms with Gasteiger partial charge in [-0.3, -0.25) is 4.79 Å². The molecule has 2 fully saturated rings. The molecule has 1 amide bonds. The van der Waals surface area contributed by atoms with Crippen LogP contribution in [-0.4, -0.2) is 74.0 Å². The van der Waals surface area contributed by atoms with Crippen LogP contribution in [0.1, 0.15) is 29.6 Å². The third kappa shape index (κ3) is 4.15. The monoisotopic (exact) mass is 396 g/mol. The van der Waals surface area contributed by atoms with E-state index in [2.05, 4.69) is 0 Å². The Morgan fingerprint density at radius 3 is 2.30 bits per heavy atom. The maximum Gasteiger partial charge on any atom is 0.335 e. The number of likely N-dealkylation sites (N-methyl/N-ethyl adjacent to an activating group) is 1. The Kier molecular flexibility index (Phi) is 5.83. The summed E-state index contributed by atoms with van der Waals surface area (Å²) in [5.41, 5.74) is 0.0391. The number of hydrogen-bond acceptors (Lipinski definition) is 5. The fourth-order valence-corrected chi connectivity index (χ4v) is 5.03. The molecular weight excluding hydrogens is 372 g/mol. The number of sulfonamides is 1. The van der Waals surface area contributed by atoms with Crippen LogP contribution in [0.4, 0.5) is 0 Å². The van der Waals surface area contributed by atoms with Crippen molar-refractivity contribution >= 4 is 21.9 Å². The number of rotatable bonds is 5. The molecule has 1 aromatic carbocycles. The van der Waals surface area contributed by atoms with E-state index >= 15 is 0 Å². The molecule has 0 aromatic heterocycles. The van der Waals surface area contributed by atoms with Crippen molar-refractivity contribution in [1.29, 1.82) is 0 Å². The summed E-state index contributed by atoms with van der Waals surface area (Å²) in [6, 6.07) is 5.29. The van der Waals surface area contributed by atoms with Crippen molar-refractivity contribution in [3.05, 3.63) is 29.8 Å². The van der Waals surface area contributed by atoms with E-state index in [9.17, 15) is 18.0 Å². The van der Waals surface area contributed by atoms with Crippen molar-refractivity contribution in [1.82, 2.24) is 9.21 Å². The number of benzene rings is 1. The first kappa shape index (κ1) is 19.8. The lowest BCUT2D eigenvalue weighted by Crippen LogP contribution is -2.46. The van der Waals surface area contributed by atoms with Crippen molar-refractivity contribution in [2.45, 2.75) is 30.2 Å². The minimum Gasteiger partial charge on any atom is -0.478 e. The number of piperidine rings is 1. The van der Waals surface area contributed by atoms with Crippen molar-refractivity contribution in [2.75, 3.05) is 33.4 Å². The predicted octanol–water partition coefficient (Wildman–Crippen LogP) is 1.03. The van der Waals surface area contributed by atoms with Crippen LogP contribution in [0.25, 0.3) is 0 Å². The zero-order valence-electron chi connectivity index (χ0n) is 15.2. The highest BCUT2D eigenvalue weighted by atomic mass is 32.2. The normalized spacial score (nSPS) is 21.9. The number of aromatic carboxylic acids is 1. The molecule has 148 valence electrons. The maximum absolute atomic E-state index is 12.8. The molecule has 8 nitrogen and oxygen atoms in total. The number of hydrogen-bond donors (Lipinski definition) is 1. The average Bonchev–Trinajstić information content (AvgIpc) is 3.21. The zero-order chi connectivity index (χ0) is 19.6. The second-order valence-electron chi connectivity index (χ2n) is 6.97. The van der Waals surface area contributed by atoms with Crippen LogP contribution in [-0.2, 0) is 19.6 Å². The van der Waals surface area contributed by atoms with Crippen molar-refractivity contribution in [2.24, 2.45) is 5.92 Å². The van der Waals surface area contributed by atoms with Gasteiger partial charge in [0.1, 0.15) is 0 Å². The Morgan fingerprint density at radius 1 is 1.15 bits per heavy atom. The topological polar surface area (TPSA) is 104 Å². The third-order valence-electron chi connectivity index (χ3n) is 5.34. The summed E-state index contributed by atoms with van der Waals surface area (Å²) in [5.74, 6) is -1.24. The molecule has 9 heteroatoms. The largest absolute Gasteiger partial charge is 0.478 e. The minimum atomic E-state index is -3.69. The molecule has 2 aliphatic rings. The van der Waals surface area contributed by atoms with Gasteiger partial charge in [0, 0.05) is 32.7 Å². The molecule has 1 atom stereocenters. The van der Waals surface area contributed by atoms with Gasteiger partial charge in [-0.25, -0.2) is 13.2 Å². The first-order chi connectivity index (χ1) is 12.8. The van der Waals surface area contributed by atoms with Crippen LogP contribution in [0.5, 0.6) is 0 Å². The van der Waals surface area contributed by atoms with Gasteiger partial charge >= 0.3 is 5.97 Å². The summed E-state index contributed by atoms with van der Waals surface area (Å²) in [6.45, 7) is 1.77. The molecule has 0 radical (unpaired) electrons. The molecule has 1 unspecified atom stereocenters. The van der Waals surface area contributed by atoms with Gasteiger partial charge in [0.2, 0.25) is 15.9 Å². The van der Waals surface area contributed by atoms with E-state index in [-0.39, 0.29) is 41.4 Å². The standard InChI is InChI=1S/C18H24N2O6S/c1-19(15-8-11-26-12-15)17(21)13-6-9-20(10-7-13)27(24,25)16-4-2-14(3-5-16)18(22)23/h2-5,13,15H,6-12H2,1H3,(H,22,23). The van der Waals surface area contributed by atoms with E-state index in [0.29, 0.717) is 26.1 Å². The number of amides is 1. The minimum absolute atomic E-state index is 0.0391. The molecule has 3 rings (SSSR count). The molecule has 0 saturated carbocycles. The molecule has 2 heterocycles. The van der Waals surface area contributed by atoms with Crippen LogP contribution in [0.2, 0.25) is 0 Å². The number of carboxylic acids is 1. The van der Waals surface area contributed by atoms with Gasteiger partial charge in [0.05, 0.1) is 23.1 Å². The first-order valence-electron chi connectivity index (χ1n) is 8.98. The Balaban J connectivity index is 1.62. The Hall–Kier alpha value is -1.97. The highest BCUT2D eigenvalue weighted by Crippen LogP contribution is 2.26. The van der Waals surface area contributed by atoms with E-state index in [1.165, 1.54) is 28.6 Å². The highest BCUT2D eigenvalue weighted by Gasteiger charge is 2.35. The van der Waals surface area contributed by atoms with Gasteiger partial charge in [0.25, 0.3) is 0 Å². The summed E-state index contributed by atoms with van der Waals surface area (Å²) < 4.78 is 32.2. The van der Waals surface area contributed by atoms with E-state index in [0.717, 1.165) is 6.42 Å². The molecule has 1 N–H and O–H groups in total. The summed E-state index contributed by atoms with van der Waals surface area (Å²) in [5, 5.41) is 8.93.